The fourth-order valence-corrected chi connectivity index (χ4v) is 3.80. The molecule has 66 valence electrons. The van der Waals surface area contributed by atoms with Gasteiger partial charge in [0.1, 0.15) is 0 Å². The van der Waals surface area contributed by atoms with E-state index in [4.69, 9.17) is 15.3 Å². The van der Waals surface area contributed by atoms with Crippen LogP contribution in [0.25, 0.3) is 0 Å². The second kappa shape index (κ2) is 3.85. The van der Waals surface area contributed by atoms with Gasteiger partial charge in [-0.25, -0.2) is 0 Å². The molecule has 0 spiro atoms. The van der Waals surface area contributed by atoms with Crippen LogP contribution in [0, 0.1) is 0 Å². The van der Waals surface area contributed by atoms with Crippen molar-refractivity contribution in [3.05, 3.63) is 0 Å². The van der Waals surface area contributed by atoms with Crippen LogP contribution in [-0.2, 0) is 0 Å². The van der Waals surface area contributed by atoms with E-state index < -0.39 is 18.3 Å². The Labute approximate surface area is 71.0 Å². The van der Waals surface area contributed by atoms with Gasteiger partial charge in [0.25, 0.3) is 0 Å². The molecule has 1 aliphatic rings. The topological polar surface area (TPSA) is 80.9 Å². The summed E-state index contributed by atoms with van der Waals surface area (Å²) in [7, 11) is 0. The molecular weight excluding hydrogens is 215 g/mol. The Bertz CT molecular complexity index is 132. The van der Waals surface area contributed by atoms with Crippen LogP contribution in [0.2, 0.25) is 10.1 Å². The Balaban J connectivity index is 2.47. The van der Waals surface area contributed by atoms with Crippen molar-refractivity contribution < 1.29 is 20.4 Å². The first-order valence-corrected chi connectivity index (χ1v) is 5.63. The van der Waals surface area contributed by atoms with Gasteiger partial charge in [0.05, 0.1) is 0 Å². The van der Waals surface area contributed by atoms with Gasteiger partial charge < -0.3 is 0 Å². The van der Waals surface area contributed by atoms with Crippen molar-refractivity contribution in [2.45, 2.75) is 28.4 Å². The summed E-state index contributed by atoms with van der Waals surface area (Å²) in [6.45, 7) is -0.337. The van der Waals surface area contributed by atoms with Gasteiger partial charge in [-0.05, 0) is 0 Å². The molecular formula is C6H12O4Se. The van der Waals surface area contributed by atoms with E-state index in [9.17, 15) is 5.11 Å². The van der Waals surface area contributed by atoms with E-state index in [0.717, 1.165) is 0 Å². The van der Waals surface area contributed by atoms with Crippen molar-refractivity contribution in [3.8, 4) is 0 Å². The Hall–Kier alpha value is 0.359. The molecule has 0 aromatic rings. The zero-order valence-corrected chi connectivity index (χ0v) is 7.63. The van der Waals surface area contributed by atoms with Gasteiger partial charge in [-0.15, -0.1) is 0 Å². The fraction of sp³-hybridized carbons (Fsp3) is 1.00. The summed E-state index contributed by atoms with van der Waals surface area (Å²) < 4.78 is 0. The normalized spacial score (nSPS) is 40.9. The molecule has 0 bridgehead atoms. The van der Waals surface area contributed by atoms with E-state index in [0.29, 0.717) is 5.32 Å². The molecule has 0 radical (unpaired) electrons. The van der Waals surface area contributed by atoms with E-state index in [2.05, 4.69) is 0 Å². The minimum absolute atomic E-state index is 0.0426. The number of hydrogen-bond donors (Lipinski definition) is 4. The number of aliphatic hydroxyl groups is 4. The molecule has 0 amide bonds. The van der Waals surface area contributed by atoms with Crippen LogP contribution >= 0.6 is 0 Å². The summed E-state index contributed by atoms with van der Waals surface area (Å²) in [4.78, 5) is -0.303. The number of rotatable bonds is 2. The molecule has 11 heavy (non-hydrogen) atoms. The maximum atomic E-state index is 9.25. The van der Waals surface area contributed by atoms with Crippen molar-refractivity contribution in [3.63, 3.8) is 0 Å². The van der Waals surface area contributed by atoms with Crippen LogP contribution in [0.4, 0.5) is 0 Å². The Morgan fingerprint density at radius 1 is 1.45 bits per heavy atom. The van der Waals surface area contributed by atoms with Crippen LogP contribution in [0.15, 0.2) is 0 Å². The molecule has 1 saturated heterocycles. The molecule has 1 fully saturated rings. The zero-order valence-electron chi connectivity index (χ0n) is 5.92. The molecule has 5 heteroatoms. The van der Waals surface area contributed by atoms with Gasteiger partial charge >= 0.3 is 70.4 Å². The Morgan fingerprint density at radius 3 is 2.45 bits per heavy atom. The zero-order chi connectivity index (χ0) is 8.43. The van der Waals surface area contributed by atoms with E-state index in [1.807, 2.05) is 0 Å². The summed E-state index contributed by atoms with van der Waals surface area (Å²) in [5.74, 6) is 0. The van der Waals surface area contributed by atoms with Crippen molar-refractivity contribution in [1.82, 2.24) is 0 Å². The molecule has 4 atom stereocenters. The molecule has 1 heterocycles. The summed E-state index contributed by atoms with van der Waals surface area (Å²) in [6.07, 6.45) is -2.43. The second-order valence-corrected chi connectivity index (χ2v) is 5.15. The van der Waals surface area contributed by atoms with Crippen molar-refractivity contribution in [2.75, 3.05) is 6.61 Å². The van der Waals surface area contributed by atoms with Gasteiger partial charge in [0.2, 0.25) is 0 Å². The van der Waals surface area contributed by atoms with Gasteiger partial charge in [0, 0.05) is 0 Å². The van der Waals surface area contributed by atoms with Crippen molar-refractivity contribution >= 4 is 15.0 Å². The molecule has 0 aromatic heterocycles. The Morgan fingerprint density at radius 2 is 2.09 bits per heavy atom. The minimum atomic E-state index is -0.873. The average molecular weight is 227 g/mol. The summed E-state index contributed by atoms with van der Waals surface area (Å²) in [5.41, 5.74) is 0. The molecule has 1 aliphatic heterocycles. The van der Waals surface area contributed by atoms with Crippen LogP contribution in [0.1, 0.15) is 0 Å². The van der Waals surface area contributed by atoms with E-state index in [-0.39, 0.29) is 26.4 Å². The third-order valence-corrected chi connectivity index (χ3v) is 4.93. The molecule has 0 saturated carbocycles. The van der Waals surface area contributed by atoms with E-state index in [1.165, 1.54) is 0 Å². The predicted molar refractivity (Wildman–Crippen MR) is 39.4 cm³/mol. The van der Waals surface area contributed by atoms with Gasteiger partial charge in [-0.2, -0.15) is 0 Å². The van der Waals surface area contributed by atoms with E-state index >= 15 is 0 Å². The van der Waals surface area contributed by atoms with Crippen LogP contribution in [0.5, 0.6) is 0 Å². The monoisotopic (exact) mass is 228 g/mol. The molecule has 0 aromatic carbocycles. The third kappa shape index (κ3) is 1.93. The predicted octanol–water partition coefficient (Wildman–Crippen LogP) is -2.01. The first kappa shape index (κ1) is 9.45. The number of aliphatic hydroxyl groups excluding tert-OH is 4. The average Bonchev–Trinajstić information content (AvgIpc) is 2.32. The van der Waals surface area contributed by atoms with Gasteiger partial charge in [0.15, 0.2) is 0 Å². The molecule has 0 aliphatic carbocycles. The van der Waals surface area contributed by atoms with Crippen molar-refractivity contribution in [1.29, 1.82) is 0 Å². The van der Waals surface area contributed by atoms with Crippen LogP contribution < -0.4 is 0 Å². The summed E-state index contributed by atoms with van der Waals surface area (Å²) >= 11 is 0.0426. The SMILES string of the molecule is OCC(O)C1[Se]CC(O)C1O. The van der Waals surface area contributed by atoms with Gasteiger partial charge in [-0.3, -0.25) is 0 Å². The molecule has 4 unspecified atom stereocenters. The van der Waals surface area contributed by atoms with Crippen LogP contribution in [0.3, 0.4) is 0 Å². The molecule has 4 nitrogen and oxygen atoms in total. The second-order valence-electron chi connectivity index (χ2n) is 2.61. The third-order valence-electron chi connectivity index (χ3n) is 1.76. The summed E-state index contributed by atoms with van der Waals surface area (Å²) in [5, 5.41) is 36.6. The first-order chi connectivity index (χ1) is 5.16. The summed E-state index contributed by atoms with van der Waals surface area (Å²) in [6, 6.07) is 0. The fourth-order valence-electron chi connectivity index (χ4n) is 1.07. The maximum absolute atomic E-state index is 9.25. The number of hydrogen-bond acceptors (Lipinski definition) is 4. The van der Waals surface area contributed by atoms with Gasteiger partial charge in [-0.1, -0.05) is 0 Å². The van der Waals surface area contributed by atoms with Crippen molar-refractivity contribution in [2.24, 2.45) is 0 Å². The standard InChI is InChI=1S/C6H12O4Se/c7-1-3(8)6-5(10)4(9)2-11-6/h3-10H,1-2H2. The molecule has 1 rings (SSSR count). The quantitative estimate of drug-likeness (QED) is 0.411. The van der Waals surface area contributed by atoms with E-state index in [1.54, 1.807) is 0 Å². The first-order valence-electron chi connectivity index (χ1n) is 3.43. The van der Waals surface area contributed by atoms with Crippen LogP contribution in [-0.4, -0.2) is 60.3 Å². The molecule has 4 N–H and O–H groups in total. The Kier molecular flexibility index (Phi) is 3.30.